The number of rotatable bonds is 10. The zero-order valence-electron chi connectivity index (χ0n) is 17.4. The zero-order chi connectivity index (χ0) is 23.0. The molecule has 3 aromatic rings. The molecule has 0 spiro atoms. The number of benzene rings is 3. The van der Waals surface area contributed by atoms with Crippen LogP contribution in [0.25, 0.3) is 0 Å². The number of anilines is 1. The Morgan fingerprint density at radius 3 is 2.12 bits per heavy atom. The van der Waals surface area contributed by atoms with Crippen molar-refractivity contribution in [3.05, 3.63) is 83.9 Å². The Labute approximate surface area is 192 Å². The predicted molar refractivity (Wildman–Crippen MR) is 125 cm³/mol. The van der Waals surface area contributed by atoms with E-state index in [0.717, 1.165) is 10.6 Å². The summed E-state index contributed by atoms with van der Waals surface area (Å²) in [5.41, 5.74) is 0.362. The molecule has 0 aromatic heterocycles. The number of nitrogens with one attached hydrogen (secondary N) is 1. The van der Waals surface area contributed by atoms with Crippen molar-refractivity contribution in [3.8, 4) is 17.2 Å². The molecule has 0 unspecified atom stereocenters. The number of ether oxygens (including phenoxy) is 2. The largest absolute Gasteiger partial charge is 0.492 e. The van der Waals surface area contributed by atoms with Crippen LogP contribution < -0.4 is 19.1 Å². The number of hydrogen-bond acceptors (Lipinski definition) is 5. The normalized spacial score (nSPS) is 10.9. The van der Waals surface area contributed by atoms with Gasteiger partial charge in [0.25, 0.3) is 0 Å². The molecule has 7 nitrogen and oxygen atoms in total. The molecular formula is C23H23ClN2O5S. The Morgan fingerprint density at radius 2 is 1.50 bits per heavy atom. The first-order valence-electron chi connectivity index (χ1n) is 9.77. The topological polar surface area (TPSA) is 84.9 Å². The molecule has 1 N–H and O–H groups in total. The van der Waals surface area contributed by atoms with Crippen molar-refractivity contribution in [1.82, 2.24) is 5.32 Å². The first-order chi connectivity index (χ1) is 15.3. The van der Waals surface area contributed by atoms with Gasteiger partial charge in [-0.25, -0.2) is 8.42 Å². The summed E-state index contributed by atoms with van der Waals surface area (Å²) in [6.07, 6.45) is 1.05. The minimum atomic E-state index is -3.67. The second-order valence-corrected chi connectivity index (χ2v) is 9.17. The molecule has 168 valence electrons. The summed E-state index contributed by atoms with van der Waals surface area (Å²) < 4.78 is 36.8. The van der Waals surface area contributed by atoms with Gasteiger partial charge in [0.1, 0.15) is 30.4 Å². The lowest BCUT2D eigenvalue weighted by Gasteiger charge is -2.22. The molecule has 3 rings (SSSR count). The van der Waals surface area contributed by atoms with E-state index in [4.69, 9.17) is 21.1 Å². The van der Waals surface area contributed by atoms with Crippen LogP contribution in [0.1, 0.15) is 0 Å². The first-order valence-corrected chi connectivity index (χ1v) is 12.0. The van der Waals surface area contributed by atoms with E-state index in [0.29, 0.717) is 28.0 Å². The maximum absolute atomic E-state index is 12.3. The quantitative estimate of drug-likeness (QED) is 0.447. The molecular weight excluding hydrogens is 452 g/mol. The van der Waals surface area contributed by atoms with Crippen LogP contribution in [-0.4, -0.2) is 40.3 Å². The number of halogens is 1. The molecule has 32 heavy (non-hydrogen) atoms. The van der Waals surface area contributed by atoms with Gasteiger partial charge in [0.15, 0.2) is 0 Å². The summed E-state index contributed by atoms with van der Waals surface area (Å²) in [5.74, 6) is 1.40. The van der Waals surface area contributed by atoms with Crippen LogP contribution in [0.5, 0.6) is 17.2 Å². The van der Waals surface area contributed by atoms with Gasteiger partial charge in [-0.05, 0) is 60.7 Å². The molecule has 0 radical (unpaired) electrons. The Balaban J connectivity index is 1.55. The summed E-state index contributed by atoms with van der Waals surface area (Å²) in [4.78, 5) is 12.3. The van der Waals surface area contributed by atoms with Crippen molar-refractivity contribution in [2.24, 2.45) is 0 Å². The van der Waals surface area contributed by atoms with Gasteiger partial charge in [-0.2, -0.15) is 0 Å². The van der Waals surface area contributed by atoms with Gasteiger partial charge in [0, 0.05) is 5.02 Å². The number of nitrogens with zero attached hydrogens (tertiary/aromatic N) is 1. The summed E-state index contributed by atoms with van der Waals surface area (Å²) in [5, 5.41) is 3.26. The Hall–Kier alpha value is -3.23. The number of sulfonamides is 1. The third-order valence-corrected chi connectivity index (χ3v) is 5.69. The number of hydrogen-bond donors (Lipinski definition) is 1. The van der Waals surface area contributed by atoms with E-state index in [1.807, 2.05) is 30.3 Å². The monoisotopic (exact) mass is 474 g/mol. The van der Waals surface area contributed by atoms with Crippen molar-refractivity contribution in [2.45, 2.75) is 0 Å². The minimum absolute atomic E-state index is 0.225. The van der Waals surface area contributed by atoms with Crippen LogP contribution in [0, 0.1) is 0 Å². The van der Waals surface area contributed by atoms with Crippen LogP contribution >= 0.6 is 11.6 Å². The molecule has 0 bridgehead atoms. The van der Waals surface area contributed by atoms with Crippen molar-refractivity contribution >= 4 is 33.2 Å². The average Bonchev–Trinajstić information content (AvgIpc) is 2.77. The third-order valence-electron chi connectivity index (χ3n) is 4.30. The maximum atomic E-state index is 12.3. The van der Waals surface area contributed by atoms with E-state index < -0.39 is 15.9 Å². The van der Waals surface area contributed by atoms with Crippen LogP contribution in [0.3, 0.4) is 0 Å². The van der Waals surface area contributed by atoms with E-state index in [1.54, 1.807) is 48.5 Å². The van der Waals surface area contributed by atoms with Gasteiger partial charge in [-0.15, -0.1) is 0 Å². The van der Waals surface area contributed by atoms with E-state index in [9.17, 15) is 13.2 Å². The maximum Gasteiger partial charge on any atom is 0.240 e. The Bertz CT molecular complexity index is 1120. The molecule has 0 saturated carbocycles. The van der Waals surface area contributed by atoms with Crippen LogP contribution in [0.4, 0.5) is 5.69 Å². The highest BCUT2D eigenvalue weighted by Crippen LogP contribution is 2.25. The highest BCUT2D eigenvalue weighted by Gasteiger charge is 2.20. The molecule has 3 aromatic carbocycles. The summed E-state index contributed by atoms with van der Waals surface area (Å²) in [7, 11) is -3.67. The number of carbonyl (C=O) groups excluding carboxylic acids is 1. The van der Waals surface area contributed by atoms with Crippen molar-refractivity contribution < 1.29 is 22.7 Å². The highest BCUT2D eigenvalue weighted by atomic mass is 35.5. The fourth-order valence-corrected chi connectivity index (χ4v) is 3.76. The second kappa shape index (κ2) is 10.9. The molecule has 0 heterocycles. The Morgan fingerprint density at radius 1 is 0.906 bits per heavy atom. The summed E-state index contributed by atoms with van der Waals surface area (Å²) in [6.45, 7) is 0.110. The first kappa shape index (κ1) is 23.4. The van der Waals surface area contributed by atoms with Crippen molar-refractivity contribution in [3.63, 3.8) is 0 Å². The van der Waals surface area contributed by atoms with Crippen LogP contribution in [0.15, 0.2) is 78.9 Å². The van der Waals surface area contributed by atoms with Crippen LogP contribution in [-0.2, 0) is 14.8 Å². The molecule has 0 aliphatic carbocycles. The van der Waals surface area contributed by atoms with E-state index in [1.165, 1.54) is 0 Å². The highest BCUT2D eigenvalue weighted by molar-refractivity contribution is 7.92. The van der Waals surface area contributed by atoms with E-state index in [2.05, 4.69) is 5.32 Å². The lowest BCUT2D eigenvalue weighted by atomic mass is 10.3. The van der Waals surface area contributed by atoms with Gasteiger partial charge in [-0.3, -0.25) is 9.10 Å². The van der Waals surface area contributed by atoms with E-state index in [-0.39, 0.29) is 19.7 Å². The van der Waals surface area contributed by atoms with Crippen molar-refractivity contribution in [2.75, 3.05) is 30.3 Å². The van der Waals surface area contributed by atoms with Gasteiger partial charge < -0.3 is 14.8 Å². The summed E-state index contributed by atoms with van der Waals surface area (Å²) in [6, 6.07) is 22.6. The average molecular weight is 475 g/mol. The Kier molecular flexibility index (Phi) is 7.97. The second-order valence-electron chi connectivity index (χ2n) is 6.83. The lowest BCUT2D eigenvalue weighted by Crippen LogP contribution is -2.41. The third kappa shape index (κ3) is 7.18. The van der Waals surface area contributed by atoms with Crippen molar-refractivity contribution in [1.29, 1.82) is 0 Å². The SMILES string of the molecule is CS(=O)(=O)N(CC(=O)NCCOc1ccc(Cl)cc1)c1ccc(Oc2ccccc2)cc1. The molecule has 0 aliphatic rings. The van der Waals surface area contributed by atoms with Crippen LogP contribution in [0.2, 0.25) is 5.02 Å². The van der Waals surface area contributed by atoms with E-state index >= 15 is 0 Å². The molecule has 9 heteroatoms. The fourth-order valence-electron chi connectivity index (χ4n) is 2.78. The smallest absolute Gasteiger partial charge is 0.240 e. The molecule has 0 fully saturated rings. The molecule has 1 amide bonds. The predicted octanol–water partition coefficient (Wildman–Crippen LogP) is 4.09. The number of amides is 1. The molecule has 0 aliphatic heterocycles. The number of carbonyl (C=O) groups is 1. The number of para-hydroxylation sites is 1. The zero-order valence-corrected chi connectivity index (χ0v) is 19.0. The molecule has 0 atom stereocenters. The van der Waals surface area contributed by atoms with Gasteiger partial charge in [0.05, 0.1) is 18.5 Å². The van der Waals surface area contributed by atoms with Gasteiger partial charge >= 0.3 is 0 Å². The summed E-state index contributed by atoms with van der Waals surface area (Å²) >= 11 is 5.82. The van der Waals surface area contributed by atoms with Gasteiger partial charge in [0.2, 0.25) is 15.9 Å². The van der Waals surface area contributed by atoms with Gasteiger partial charge in [-0.1, -0.05) is 29.8 Å². The fraction of sp³-hybridized carbons (Fsp3) is 0.174. The lowest BCUT2D eigenvalue weighted by molar-refractivity contribution is -0.119. The minimum Gasteiger partial charge on any atom is -0.492 e. The standard InChI is InChI=1S/C23H23ClN2O5S/c1-32(28,29)26(17-23(27)25-15-16-30-20-11-7-18(24)8-12-20)19-9-13-22(14-10-19)31-21-5-3-2-4-6-21/h2-14H,15-17H2,1H3,(H,25,27). The molecule has 0 saturated heterocycles.